The Labute approximate surface area is 199 Å². The zero-order chi connectivity index (χ0) is 23.0. The number of hydrogen-bond donors (Lipinski definition) is 3. The van der Waals surface area contributed by atoms with Crippen molar-refractivity contribution in [3.8, 4) is 0 Å². The fourth-order valence-corrected chi connectivity index (χ4v) is 5.18. The molecule has 2 aliphatic heterocycles. The lowest BCUT2D eigenvalue weighted by molar-refractivity contribution is 0.126. The van der Waals surface area contributed by atoms with Gasteiger partial charge in [-0.2, -0.15) is 4.98 Å². The minimum absolute atomic E-state index is 0.161. The van der Waals surface area contributed by atoms with Gasteiger partial charge in [-0.25, -0.2) is 4.98 Å². The third kappa shape index (κ3) is 7.00. The SMILES string of the molecule is CCCCNc1ncc(C2=CCC(CC3CCN(C)CC3)C=N2)c(NC2CCC(O)CC2)n1. The molecule has 3 N–H and O–H groups in total. The Morgan fingerprint density at radius 2 is 1.91 bits per heavy atom. The maximum atomic E-state index is 9.88. The highest BCUT2D eigenvalue weighted by Gasteiger charge is 2.24. The quantitative estimate of drug-likeness (QED) is 0.474. The topological polar surface area (TPSA) is 85.7 Å². The van der Waals surface area contributed by atoms with Crippen LogP contribution in [-0.2, 0) is 0 Å². The molecule has 1 unspecified atom stereocenters. The molecule has 0 bridgehead atoms. The zero-order valence-electron chi connectivity index (χ0n) is 20.5. The second kappa shape index (κ2) is 11.9. The summed E-state index contributed by atoms with van der Waals surface area (Å²) in [6, 6.07) is 0.330. The molecule has 7 nitrogen and oxygen atoms in total. The molecule has 33 heavy (non-hydrogen) atoms. The van der Waals surface area contributed by atoms with Crippen molar-refractivity contribution in [2.24, 2.45) is 16.8 Å². The van der Waals surface area contributed by atoms with E-state index in [1.54, 1.807) is 0 Å². The summed E-state index contributed by atoms with van der Waals surface area (Å²) in [5, 5.41) is 16.9. The van der Waals surface area contributed by atoms with Crippen molar-refractivity contribution in [3.05, 3.63) is 17.8 Å². The molecule has 1 saturated carbocycles. The van der Waals surface area contributed by atoms with E-state index in [2.05, 4.69) is 46.8 Å². The predicted octanol–water partition coefficient (Wildman–Crippen LogP) is 4.57. The maximum absolute atomic E-state index is 9.88. The molecule has 0 aromatic carbocycles. The van der Waals surface area contributed by atoms with Gasteiger partial charge in [-0.3, -0.25) is 4.99 Å². The molecule has 0 radical (unpaired) electrons. The molecule has 1 atom stereocenters. The summed E-state index contributed by atoms with van der Waals surface area (Å²) in [6.45, 7) is 5.51. The van der Waals surface area contributed by atoms with Crippen LogP contribution in [0.2, 0.25) is 0 Å². The van der Waals surface area contributed by atoms with Gasteiger partial charge in [-0.1, -0.05) is 19.4 Å². The number of aromatic nitrogens is 2. The lowest BCUT2D eigenvalue weighted by Crippen LogP contribution is -2.31. The van der Waals surface area contributed by atoms with Crippen LogP contribution in [0.1, 0.15) is 76.7 Å². The van der Waals surface area contributed by atoms with Crippen LogP contribution >= 0.6 is 0 Å². The summed E-state index contributed by atoms with van der Waals surface area (Å²) in [5.41, 5.74) is 1.96. The van der Waals surface area contributed by atoms with Gasteiger partial charge in [0.25, 0.3) is 0 Å². The first-order chi connectivity index (χ1) is 16.1. The standard InChI is InChI=1S/C26H42N6O/c1-3-4-13-27-26-29-18-23(25(31-26)30-21-6-8-22(33)9-7-21)24-10-5-20(17-28-24)16-19-11-14-32(2)15-12-19/h10,17-22,33H,3-9,11-16H2,1-2H3,(H2,27,29,30,31). The van der Waals surface area contributed by atoms with E-state index in [4.69, 9.17) is 9.98 Å². The van der Waals surface area contributed by atoms with Crippen molar-refractivity contribution in [1.29, 1.82) is 0 Å². The maximum Gasteiger partial charge on any atom is 0.224 e. The monoisotopic (exact) mass is 454 g/mol. The highest BCUT2D eigenvalue weighted by molar-refractivity contribution is 5.81. The largest absolute Gasteiger partial charge is 0.393 e. The Kier molecular flexibility index (Phi) is 8.73. The first kappa shape index (κ1) is 24.1. The summed E-state index contributed by atoms with van der Waals surface area (Å²) in [5.74, 6) is 2.89. The van der Waals surface area contributed by atoms with Crippen molar-refractivity contribution >= 4 is 23.7 Å². The molecular formula is C26H42N6O. The number of hydrogen-bond acceptors (Lipinski definition) is 7. The molecule has 0 amide bonds. The number of unbranched alkanes of at least 4 members (excludes halogenated alkanes) is 1. The highest BCUT2D eigenvalue weighted by atomic mass is 16.3. The van der Waals surface area contributed by atoms with E-state index in [0.717, 1.165) is 74.5 Å². The van der Waals surface area contributed by atoms with Gasteiger partial charge in [0.05, 0.1) is 17.4 Å². The number of nitrogens with one attached hydrogen (secondary N) is 2. The van der Waals surface area contributed by atoms with Crippen LogP contribution in [0.15, 0.2) is 17.3 Å². The molecule has 1 aliphatic carbocycles. The zero-order valence-corrected chi connectivity index (χ0v) is 20.5. The molecule has 4 rings (SSSR count). The fourth-order valence-electron chi connectivity index (χ4n) is 5.18. The van der Waals surface area contributed by atoms with Gasteiger partial charge in [-0.05, 0) is 89.8 Å². The summed E-state index contributed by atoms with van der Waals surface area (Å²) < 4.78 is 0. The van der Waals surface area contributed by atoms with Crippen LogP contribution in [0, 0.1) is 11.8 Å². The number of nitrogens with zero attached hydrogens (tertiary/aromatic N) is 4. The van der Waals surface area contributed by atoms with Gasteiger partial charge in [0.15, 0.2) is 0 Å². The number of anilines is 2. The second-order valence-corrected chi connectivity index (χ2v) is 10.2. The normalized spacial score (nSPS) is 26.8. The molecule has 1 aromatic heterocycles. The molecule has 0 spiro atoms. The van der Waals surface area contributed by atoms with E-state index >= 15 is 0 Å². The minimum Gasteiger partial charge on any atom is -0.393 e. The highest BCUT2D eigenvalue weighted by Crippen LogP contribution is 2.32. The molecule has 3 heterocycles. The lowest BCUT2D eigenvalue weighted by atomic mass is 9.85. The van der Waals surface area contributed by atoms with E-state index in [9.17, 15) is 5.11 Å². The Bertz CT molecular complexity index is 809. The van der Waals surface area contributed by atoms with Crippen molar-refractivity contribution in [1.82, 2.24) is 14.9 Å². The van der Waals surface area contributed by atoms with Crippen LogP contribution in [0.4, 0.5) is 11.8 Å². The van der Waals surface area contributed by atoms with E-state index in [1.807, 2.05) is 6.20 Å². The molecular weight excluding hydrogens is 412 g/mol. The van der Waals surface area contributed by atoms with Gasteiger partial charge in [-0.15, -0.1) is 0 Å². The number of likely N-dealkylation sites (tertiary alicyclic amines) is 1. The molecule has 182 valence electrons. The first-order valence-electron chi connectivity index (χ1n) is 13.1. The number of allylic oxidation sites excluding steroid dienone is 1. The van der Waals surface area contributed by atoms with Gasteiger partial charge in [0.2, 0.25) is 5.95 Å². The number of aliphatic hydroxyl groups is 1. The van der Waals surface area contributed by atoms with Crippen LogP contribution in [0.5, 0.6) is 0 Å². The van der Waals surface area contributed by atoms with Crippen LogP contribution in [0.25, 0.3) is 5.70 Å². The molecule has 1 saturated heterocycles. The van der Waals surface area contributed by atoms with E-state index in [1.165, 1.54) is 32.4 Å². The van der Waals surface area contributed by atoms with Crippen LogP contribution < -0.4 is 10.6 Å². The summed E-state index contributed by atoms with van der Waals surface area (Å²) in [7, 11) is 2.22. The number of aliphatic hydroxyl groups excluding tert-OH is 1. The Morgan fingerprint density at radius 1 is 1.12 bits per heavy atom. The summed E-state index contributed by atoms with van der Waals surface area (Å²) in [6.07, 6.45) is 17.0. The predicted molar refractivity (Wildman–Crippen MR) is 137 cm³/mol. The minimum atomic E-state index is -0.161. The third-order valence-electron chi connectivity index (χ3n) is 7.43. The number of rotatable bonds is 9. The molecule has 7 heteroatoms. The average molecular weight is 455 g/mol. The molecule has 3 aliphatic rings. The van der Waals surface area contributed by atoms with E-state index in [0.29, 0.717) is 17.9 Å². The first-order valence-corrected chi connectivity index (χ1v) is 13.1. The van der Waals surface area contributed by atoms with Gasteiger partial charge < -0.3 is 20.6 Å². The van der Waals surface area contributed by atoms with Crippen LogP contribution in [-0.4, -0.2) is 65.0 Å². The Morgan fingerprint density at radius 3 is 2.61 bits per heavy atom. The fraction of sp³-hybridized carbons (Fsp3) is 0.731. The Hall–Kier alpha value is -1.99. The molecule has 1 aromatic rings. The van der Waals surface area contributed by atoms with Crippen molar-refractivity contribution < 1.29 is 5.11 Å². The van der Waals surface area contributed by atoms with Crippen molar-refractivity contribution in [2.45, 2.75) is 83.3 Å². The Balaban J connectivity index is 1.43. The van der Waals surface area contributed by atoms with E-state index in [-0.39, 0.29) is 6.10 Å². The average Bonchev–Trinajstić information content (AvgIpc) is 2.83. The van der Waals surface area contributed by atoms with Crippen molar-refractivity contribution in [3.63, 3.8) is 0 Å². The van der Waals surface area contributed by atoms with Gasteiger partial charge in [0.1, 0.15) is 5.82 Å². The molecule has 2 fully saturated rings. The van der Waals surface area contributed by atoms with Crippen molar-refractivity contribution in [2.75, 3.05) is 37.3 Å². The number of piperidine rings is 1. The number of aliphatic imine (C=N–C) groups is 1. The smallest absolute Gasteiger partial charge is 0.224 e. The second-order valence-electron chi connectivity index (χ2n) is 10.2. The summed E-state index contributed by atoms with van der Waals surface area (Å²) >= 11 is 0. The summed E-state index contributed by atoms with van der Waals surface area (Å²) in [4.78, 5) is 16.7. The van der Waals surface area contributed by atoms with Gasteiger partial charge >= 0.3 is 0 Å². The van der Waals surface area contributed by atoms with E-state index < -0.39 is 0 Å². The van der Waals surface area contributed by atoms with Crippen LogP contribution in [0.3, 0.4) is 0 Å². The lowest BCUT2D eigenvalue weighted by Gasteiger charge is -2.31. The third-order valence-corrected chi connectivity index (χ3v) is 7.43. The van der Waals surface area contributed by atoms with Gasteiger partial charge in [0, 0.05) is 25.0 Å².